The molecule has 2 atom stereocenters. The third-order valence-corrected chi connectivity index (χ3v) is 5.97. The van der Waals surface area contributed by atoms with Gasteiger partial charge in [-0.25, -0.2) is 18.3 Å². The van der Waals surface area contributed by atoms with Crippen LogP contribution in [-0.2, 0) is 6.61 Å². The molecule has 1 saturated carbocycles. The van der Waals surface area contributed by atoms with E-state index in [1.807, 2.05) is 18.2 Å². The molecule has 1 fully saturated rings. The van der Waals surface area contributed by atoms with E-state index in [-0.39, 0.29) is 18.0 Å². The monoisotopic (exact) mass is 407 g/mol. The van der Waals surface area contributed by atoms with Crippen molar-refractivity contribution < 1.29 is 18.7 Å². The summed E-state index contributed by atoms with van der Waals surface area (Å²) in [5.41, 5.74) is 7.65. The first-order valence-electron chi connectivity index (χ1n) is 8.88. The number of nitrogens with zero attached hydrogens (tertiary/aromatic N) is 3. The highest BCUT2D eigenvalue weighted by atomic mass is 32.1. The molecule has 3 heterocycles. The van der Waals surface area contributed by atoms with Crippen LogP contribution in [0.25, 0.3) is 16.8 Å². The molecule has 28 heavy (non-hydrogen) atoms. The lowest BCUT2D eigenvalue weighted by Crippen LogP contribution is -2.59. The molecule has 10 heteroatoms. The Kier molecular flexibility index (Phi) is 4.86. The number of rotatable bonds is 4. The summed E-state index contributed by atoms with van der Waals surface area (Å²) in [6.07, 6.45) is 3.80. The molecule has 0 saturated heterocycles. The Morgan fingerprint density at radius 1 is 1.46 bits per heavy atom. The summed E-state index contributed by atoms with van der Waals surface area (Å²) in [6, 6.07) is 3.25. The highest BCUT2D eigenvalue weighted by molar-refractivity contribution is 7.14. The molecule has 0 bridgehead atoms. The van der Waals surface area contributed by atoms with Crippen LogP contribution in [0.1, 0.15) is 33.9 Å². The fourth-order valence-corrected chi connectivity index (χ4v) is 4.35. The molecule has 4 rings (SSSR count). The first-order chi connectivity index (χ1) is 13.4. The average Bonchev–Trinajstić information content (AvgIpc) is 3.28. The molecule has 3 aromatic heterocycles. The minimum Gasteiger partial charge on any atom is -0.391 e. The van der Waals surface area contributed by atoms with Gasteiger partial charge in [-0.05, 0) is 25.0 Å². The van der Waals surface area contributed by atoms with E-state index >= 15 is 0 Å². The number of nitrogens with one attached hydrogen (secondary N) is 1. The summed E-state index contributed by atoms with van der Waals surface area (Å²) in [5, 5.41) is 16.3. The first kappa shape index (κ1) is 18.9. The predicted molar refractivity (Wildman–Crippen MR) is 100 cm³/mol. The largest absolute Gasteiger partial charge is 0.391 e. The van der Waals surface area contributed by atoms with Crippen molar-refractivity contribution in [2.24, 2.45) is 5.73 Å². The minimum absolute atomic E-state index is 0.00269. The smallest absolute Gasteiger partial charge is 0.280 e. The van der Waals surface area contributed by atoms with E-state index in [1.165, 1.54) is 0 Å². The molecule has 1 amide bonds. The zero-order valence-corrected chi connectivity index (χ0v) is 15.6. The van der Waals surface area contributed by atoms with Gasteiger partial charge in [-0.15, -0.1) is 11.3 Å². The van der Waals surface area contributed by atoms with Crippen LogP contribution in [-0.4, -0.2) is 43.6 Å². The third-order valence-electron chi connectivity index (χ3n) is 4.93. The fourth-order valence-electron chi connectivity index (χ4n) is 3.51. The average molecular weight is 407 g/mol. The normalized spacial score (nSPS) is 21.7. The van der Waals surface area contributed by atoms with Crippen molar-refractivity contribution in [3.8, 4) is 11.3 Å². The van der Waals surface area contributed by atoms with Crippen LogP contribution in [0.4, 0.5) is 8.78 Å². The van der Waals surface area contributed by atoms with Crippen molar-refractivity contribution in [2.75, 3.05) is 0 Å². The van der Waals surface area contributed by atoms with E-state index in [2.05, 4.69) is 15.4 Å². The molecule has 1 aliphatic carbocycles. The van der Waals surface area contributed by atoms with Crippen molar-refractivity contribution in [2.45, 2.75) is 43.9 Å². The van der Waals surface area contributed by atoms with Crippen molar-refractivity contribution in [3.05, 3.63) is 40.5 Å². The van der Waals surface area contributed by atoms with Gasteiger partial charge in [0.05, 0.1) is 28.9 Å². The van der Waals surface area contributed by atoms with Crippen molar-refractivity contribution in [1.82, 2.24) is 19.9 Å². The molecule has 1 aliphatic rings. The second kappa shape index (κ2) is 7.19. The summed E-state index contributed by atoms with van der Waals surface area (Å²) >= 11 is 0.968. The predicted octanol–water partition coefficient (Wildman–Crippen LogP) is 2.19. The van der Waals surface area contributed by atoms with Gasteiger partial charge in [0.2, 0.25) is 0 Å². The van der Waals surface area contributed by atoms with Crippen molar-refractivity contribution in [3.63, 3.8) is 0 Å². The summed E-state index contributed by atoms with van der Waals surface area (Å²) in [6.45, 7) is -0.330. The van der Waals surface area contributed by atoms with Gasteiger partial charge in [0.15, 0.2) is 5.01 Å². The van der Waals surface area contributed by atoms with Crippen LogP contribution in [0, 0.1) is 0 Å². The molecule has 0 radical (unpaired) electrons. The van der Waals surface area contributed by atoms with E-state index in [0.29, 0.717) is 29.0 Å². The number of alkyl halides is 2. The lowest BCUT2D eigenvalue weighted by Gasteiger charge is -2.36. The van der Waals surface area contributed by atoms with Crippen molar-refractivity contribution >= 4 is 22.8 Å². The maximum atomic E-state index is 14.2. The minimum atomic E-state index is -3.06. The Morgan fingerprint density at radius 3 is 3.04 bits per heavy atom. The van der Waals surface area contributed by atoms with Crippen LogP contribution in [0.2, 0.25) is 0 Å². The lowest BCUT2D eigenvalue weighted by atomic mass is 9.87. The zero-order valence-electron chi connectivity index (χ0n) is 14.8. The van der Waals surface area contributed by atoms with E-state index in [0.717, 1.165) is 16.9 Å². The SMILES string of the molecule is N[C@@H]1CCCC(F)(F)[C@@H]1NC(=O)c1nc(-c2cnn3ccccc23)c(CO)s1. The number of fused-ring (bicyclic) bond motifs is 1. The number of aliphatic hydroxyl groups is 1. The molecular formula is C18H19F2N5O2S. The standard InChI is InChI=1S/C18H19F2N5O2S/c19-18(20)6-3-4-11(21)15(18)24-16(27)17-23-14(13(9-26)28-17)10-8-22-25-7-2-1-5-12(10)25/h1-2,5,7-8,11,15,26H,3-4,6,9,21H2,(H,24,27)/t11-,15-/m1/s1. The van der Waals surface area contributed by atoms with Gasteiger partial charge in [-0.1, -0.05) is 6.07 Å². The molecule has 3 aromatic rings. The Bertz CT molecular complexity index is 1020. The van der Waals surface area contributed by atoms with Gasteiger partial charge in [0, 0.05) is 24.2 Å². The number of pyridine rings is 1. The van der Waals surface area contributed by atoms with E-state index < -0.39 is 23.9 Å². The van der Waals surface area contributed by atoms with Gasteiger partial charge in [-0.3, -0.25) is 4.79 Å². The van der Waals surface area contributed by atoms with Gasteiger partial charge in [0.1, 0.15) is 6.04 Å². The van der Waals surface area contributed by atoms with Crippen LogP contribution < -0.4 is 11.1 Å². The summed E-state index contributed by atoms with van der Waals surface area (Å²) in [4.78, 5) is 17.4. The Balaban J connectivity index is 1.65. The quantitative estimate of drug-likeness (QED) is 0.615. The first-order valence-corrected chi connectivity index (χ1v) is 9.70. The lowest BCUT2D eigenvalue weighted by molar-refractivity contribution is -0.0674. The van der Waals surface area contributed by atoms with Gasteiger partial charge in [-0.2, -0.15) is 5.10 Å². The number of hydrogen-bond donors (Lipinski definition) is 3. The number of carbonyl (C=O) groups excluding carboxylic acids is 1. The molecule has 0 unspecified atom stereocenters. The number of aromatic nitrogens is 3. The Morgan fingerprint density at radius 2 is 2.29 bits per heavy atom. The van der Waals surface area contributed by atoms with Crippen LogP contribution >= 0.6 is 11.3 Å². The van der Waals surface area contributed by atoms with Crippen LogP contribution in [0.3, 0.4) is 0 Å². The summed E-state index contributed by atoms with van der Waals surface area (Å²) in [7, 11) is 0. The molecule has 0 aromatic carbocycles. The fraction of sp³-hybridized carbons (Fsp3) is 0.389. The number of thiazole rings is 1. The molecule has 4 N–H and O–H groups in total. The molecule has 0 spiro atoms. The summed E-state index contributed by atoms with van der Waals surface area (Å²) < 4.78 is 30.0. The number of amides is 1. The molecule has 0 aliphatic heterocycles. The van der Waals surface area contributed by atoms with Crippen molar-refractivity contribution in [1.29, 1.82) is 0 Å². The van der Waals surface area contributed by atoms with E-state index in [1.54, 1.807) is 16.9 Å². The van der Waals surface area contributed by atoms with Crippen LogP contribution in [0.15, 0.2) is 30.6 Å². The highest BCUT2D eigenvalue weighted by Gasteiger charge is 2.46. The topological polar surface area (TPSA) is 106 Å². The van der Waals surface area contributed by atoms with Gasteiger partial charge >= 0.3 is 0 Å². The zero-order chi connectivity index (χ0) is 19.9. The van der Waals surface area contributed by atoms with E-state index in [9.17, 15) is 18.7 Å². The van der Waals surface area contributed by atoms with E-state index in [4.69, 9.17) is 5.73 Å². The highest BCUT2D eigenvalue weighted by Crippen LogP contribution is 2.34. The number of aliphatic hydroxyl groups excluding tert-OH is 1. The molecule has 7 nitrogen and oxygen atoms in total. The number of carbonyl (C=O) groups is 1. The van der Waals surface area contributed by atoms with Gasteiger partial charge < -0.3 is 16.2 Å². The Labute approximate surface area is 163 Å². The van der Waals surface area contributed by atoms with Gasteiger partial charge in [0.25, 0.3) is 11.8 Å². The number of hydrogen-bond acceptors (Lipinski definition) is 6. The molecular weight excluding hydrogens is 388 g/mol. The molecule has 148 valence electrons. The second-order valence-electron chi connectivity index (χ2n) is 6.81. The number of nitrogens with two attached hydrogens (primary N) is 1. The third kappa shape index (κ3) is 3.27. The van der Waals surface area contributed by atoms with Crippen LogP contribution in [0.5, 0.6) is 0 Å². The second-order valence-corrected chi connectivity index (χ2v) is 7.89. The maximum absolute atomic E-state index is 14.2. The Hall–Kier alpha value is -2.43. The summed E-state index contributed by atoms with van der Waals surface area (Å²) in [5.74, 6) is -3.78. The maximum Gasteiger partial charge on any atom is 0.280 e. The number of halogens is 2.